The molecule has 3 heteroatoms. The molecule has 0 aliphatic heterocycles. The molecule has 0 saturated heterocycles. The number of para-hydroxylation sites is 1. The fourth-order valence-electron chi connectivity index (χ4n) is 2.36. The topological polar surface area (TPSA) is 28.2 Å². The first kappa shape index (κ1) is 14.5. The van der Waals surface area contributed by atoms with E-state index in [1.165, 1.54) is 11.1 Å². The molecule has 0 radical (unpaired) electrons. The second-order valence-electron chi connectivity index (χ2n) is 5.24. The maximum Gasteiger partial charge on any atom is 0.0726 e. The number of hydrogen-bond donors (Lipinski definition) is 1. The highest BCUT2D eigenvalue weighted by Gasteiger charge is 2.09. The van der Waals surface area contributed by atoms with E-state index in [4.69, 9.17) is 4.98 Å². The quantitative estimate of drug-likeness (QED) is 0.815. The molecule has 20 heavy (non-hydrogen) atoms. The monoisotopic (exact) mass is 269 g/mol. The van der Waals surface area contributed by atoms with E-state index < -0.39 is 0 Å². The number of rotatable bonds is 6. The number of fused-ring (bicyclic) bond motifs is 1. The Morgan fingerprint density at radius 2 is 2.10 bits per heavy atom. The molecule has 2 aromatic rings. The van der Waals surface area contributed by atoms with Gasteiger partial charge in [0.2, 0.25) is 0 Å². The Morgan fingerprint density at radius 1 is 1.35 bits per heavy atom. The Morgan fingerprint density at radius 3 is 2.80 bits per heavy atom. The van der Waals surface area contributed by atoms with Crippen molar-refractivity contribution in [2.45, 2.75) is 20.4 Å². The largest absolute Gasteiger partial charge is 0.370 e. The fourth-order valence-corrected chi connectivity index (χ4v) is 2.36. The van der Waals surface area contributed by atoms with Crippen LogP contribution >= 0.6 is 0 Å². The van der Waals surface area contributed by atoms with E-state index in [2.05, 4.69) is 62.0 Å². The maximum atomic E-state index is 4.72. The highest BCUT2D eigenvalue weighted by Crippen LogP contribution is 2.26. The van der Waals surface area contributed by atoms with Gasteiger partial charge in [-0.1, -0.05) is 37.3 Å². The summed E-state index contributed by atoms with van der Waals surface area (Å²) in [7, 11) is 2.10. The molecular weight excluding hydrogens is 246 g/mol. The second-order valence-corrected chi connectivity index (χ2v) is 5.24. The summed E-state index contributed by atoms with van der Waals surface area (Å²) in [6.07, 6.45) is 0. The standard InChI is InChI=1S/C17H23N3/c1-5-18-11-14-10-17(20(4)12-13(2)3)15-8-6-7-9-16(15)19-14/h6-10,18H,2,5,11-12H2,1,3-4H3. The third-order valence-corrected chi connectivity index (χ3v) is 3.22. The Kier molecular flexibility index (Phi) is 4.74. The maximum absolute atomic E-state index is 4.72. The van der Waals surface area contributed by atoms with Gasteiger partial charge < -0.3 is 10.2 Å². The van der Waals surface area contributed by atoms with Crippen molar-refractivity contribution in [3.8, 4) is 0 Å². The molecule has 0 unspecified atom stereocenters. The van der Waals surface area contributed by atoms with Crippen molar-refractivity contribution in [1.82, 2.24) is 10.3 Å². The molecule has 1 aromatic heterocycles. The van der Waals surface area contributed by atoms with Crippen molar-refractivity contribution in [1.29, 1.82) is 0 Å². The van der Waals surface area contributed by atoms with Gasteiger partial charge in [0, 0.05) is 31.2 Å². The highest BCUT2D eigenvalue weighted by molar-refractivity contribution is 5.91. The summed E-state index contributed by atoms with van der Waals surface area (Å²) in [5.41, 5.74) is 4.49. The van der Waals surface area contributed by atoms with E-state index in [0.717, 1.165) is 36.4 Å². The predicted octanol–water partition coefficient (Wildman–Crippen LogP) is 3.36. The van der Waals surface area contributed by atoms with Crippen molar-refractivity contribution in [2.24, 2.45) is 0 Å². The van der Waals surface area contributed by atoms with Crippen LogP contribution in [0.1, 0.15) is 19.5 Å². The SMILES string of the molecule is C=C(C)CN(C)c1cc(CNCC)nc2ccccc12. The van der Waals surface area contributed by atoms with Gasteiger partial charge in [-0.3, -0.25) is 4.98 Å². The van der Waals surface area contributed by atoms with Gasteiger partial charge in [-0.15, -0.1) is 0 Å². The second kappa shape index (κ2) is 6.53. The van der Waals surface area contributed by atoms with Crippen LogP contribution in [-0.4, -0.2) is 25.1 Å². The molecule has 0 bridgehead atoms. The van der Waals surface area contributed by atoms with Crippen LogP contribution in [0.25, 0.3) is 10.9 Å². The smallest absolute Gasteiger partial charge is 0.0726 e. The van der Waals surface area contributed by atoms with Crippen molar-refractivity contribution < 1.29 is 0 Å². The molecule has 0 aliphatic carbocycles. The first-order chi connectivity index (χ1) is 9.61. The van der Waals surface area contributed by atoms with E-state index >= 15 is 0 Å². The zero-order chi connectivity index (χ0) is 14.5. The van der Waals surface area contributed by atoms with Crippen molar-refractivity contribution in [3.63, 3.8) is 0 Å². The molecule has 3 nitrogen and oxygen atoms in total. The van der Waals surface area contributed by atoms with Crippen LogP contribution in [0.5, 0.6) is 0 Å². The third-order valence-electron chi connectivity index (χ3n) is 3.22. The molecule has 0 atom stereocenters. The van der Waals surface area contributed by atoms with Gasteiger partial charge >= 0.3 is 0 Å². The summed E-state index contributed by atoms with van der Waals surface area (Å²) in [6, 6.07) is 10.5. The lowest BCUT2D eigenvalue weighted by molar-refractivity contribution is 0.713. The van der Waals surface area contributed by atoms with Crippen LogP contribution in [-0.2, 0) is 6.54 Å². The average Bonchev–Trinajstić information content (AvgIpc) is 2.43. The number of likely N-dealkylation sites (N-methyl/N-ethyl adjacent to an activating group) is 1. The van der Waals surface area contributed by atoms with E-state index in [0.29, 0.717) is 0 Å². The summed E-state index contributed by atoms with van der Waals surface area (Å²) < 4.78 is 0. The highest BCUT2D eigenvalue weighted by atomic mass is 15.1. The molecule has 0 amide bonds. The average molecular weight is 269 g/mol. The summed E-state index contributed by atoms with van der Waals surface area (Å²) in [5, 5.41) is 4.53. The Bertz CT molecular complexity index is 604. The minimum absolute atomic E-state index is 0.801. The molecule has 0 aliphatic rings. The van der Waals surface area contributed by atoms with Crippen LogP contribution in [0.2, 0.25) is 0 Å². The van der Waals surface area contributed by atoms with Gasteiger partial charge in [0.1, 0.15) is 0 Å². The third kappa shape index (κ3) is 3.36. The van der Waals surface area contributed by atoms with Gasteiger partial charge in [0.05, 0.1) is 11.2 Å². The van der Waals surface area contributed by atoms with Gasteiger partial charge in [0.15, 0.2) is 0 Å². The van der Waals surface area contributed by atoms with Gasteiger partial charge in [-0.05, 0) is 25.6 Å². The summed E-state index contributed by atoms with van der Waals surface area (Å²) in [5.74, 6) is 0. The minimum Gasteiger partial charge on any atom is -0.370 e. The molecule has 1 heterocycles. The number of pyridine rings is 1. The first-order valence-corrected chi connectivity index (χ1v) is 7.06. The lowest BCUT2D eigenvalue weighted by atomic mass is 10.1. The van der Waals surface area contributed by atoms with Crippen molar-refractivity contribution in [3.05, 3.63) is 48.2 Å². The predicted molar refractivity (Wildman–Crippen MR) is 87.2 cm³/mol. The van der Waals surface area contributed by atoms with E-state index in [1.807, 2.05) is 6.07 Å². The van der Waals surface area contributed by atoms with Gasteiger partial charge in [-0.25, -0.2) is 0 Å². The molecule has 106 valence electrons. The number of hydrogen-bond acceptors (Lipinski definition) is 3. The Hall–Kier alpha value is -1.87. The molecule has 1 aromatic carbocycles. The van der Waals surface area contributed by atoms with Crippen molar-refractivity contribution >= 4 is 16.6 Å². The molecular formula is C17H23N3. The number of anilines is 1. The zero-order valence-corrected chi connectivity index (χ0v) is 12.6. The van der Waals surface area contributed by atoms with Crippen LogP contribution in [0, 0.1) is 0 Å². The zero-order valence-electron chi connectivity index (χ0n) is 12.6. The van der Waals surface area contributed by atoms with E-state index in [1.54, 1.807) is 0 Å². The number of nitrogens with one attached hydrogen (secondary N) is 1. The Balaban J connectivity index is 2.45. The van der Waals surface area contributed by atoms with Crippen LogP contribution in [0.4, 0.5) is 5.69 Å². The normalized spacial score (nSPS) is 10.8. The van der Waals surface area contributed by atoms with Gasteiger partial charge in [0.25, 0.3) is 0 Å². The molecule has 0 spiro atoms. The minimum atomic E-state index is 0.801. The lowest BCUT2D eigenvalue weighted by Crippen LogP contribution is -2.20. The van der Waals surface area contributed by atoms with Crippen molar-refractivity contribution in [2.75, 3.05) is 25.0 Å². The van der Waals surface area contributed by atoms with Crippen LogP contribution < -0.4 is 10.2 Å². The fraction of sp³-hybridized carbons (Fsp3) is 0.353. The lowest BCUT2D eigenvalue weighted by Gasteiger charge is -2.22. The molecule has 1 N–H and O–H groups in total. The molecule has 2 rings (SSSR count). The number of aromatic nitrogens is 1. The van der Waals surface area contributed by atoms with Crippen LogP contribution in [0.3, 0.4) is 0 Å². The first-order valence-electron chi connectivity index (χ1n) is 7.06. The summed E-state index contributed by atoms with van der Waals surface area (Å²) in [6.45, 7) is 10.8. The summed E-state index contributed by atoms with van der Waals surface area (Å²) >= 11 is 0. The molecule has 0 saturated carbocycles. The van der Waals surface area contributed by atoms with E-state index in [9.17, 15) is 0 Å². The van der Waals surface area contributed by atoms with Crippen LogP contribution in [0.15, 0.2) is 42.5 Å². The molecule has 0 fully saturated rings. The summed E-state index contributed by atoms with van der Waals surface area (Å²) in [4.78, 5) is 6.96. The number of benzene rings is 1. The Labute approximate surface area is 121 Å². The van der Waals surface area contributed by atoms with Gasteiger partial charge in [-0.2, -0.15) is 0 Å². The number of nitrogens with zero attached hydrogens (tertiary/aromatic N) is 2. The van der Waals surface area contributed by atoms with E-state index in [-0.39, 0.29) is 0 Å².